The number of rotatable bonds is 2. The summed E-state index contributed by atoms with van der Waals surface area (Å²) in [5.74, 6) is 1.02. The van der Waals surface area contributed by atoms with Gasteiger partial charge in [0.2, 0.25) is 0 Å². The van der Waals surface area contributed by atoms with Crippen molar-refractivity contribution in [3.8, 4) is 0 Å². The van der Waals surface area contributed by atoms with Crippen LogP contribution in [0.5, 0.6) is 0 Å². The van der Waals surface area contributed by atoms with Crippen molar-refractivity contribution in [3.05, 3.63) is 22.1 Å². The van der Waals surface area contributed by atoms with E-state index in [9.17, 15) is 4.79 Å². The molecule has 0 bridgehead atoms. The minimum Gasteiger partial charge on any atom is -0.444 e. The molecule has 1 aliphatic heterocycles. The van der Waals surface area contributed by atoms with Crippen molar-refractivity contribution >= 4 is 34.2 Å². The summed E-state index contributed by atoms with van der Waals surface area (Å²) in [6, 6.07) is 1.95. The molecule has 1 saturated heterocycles. The Kier molecular flexibility index (Phi) is 5.89. The average molecular weight is 352 g/mol. The highest BCUT2D eigenvalue weighted by atomic mass is 79.9. The molecule has 108 valence electrons. The van der Waals surface area contributed by atoms with Gasteiger partial charge in [0.1, 0.15) is 0 Å². The van der Waals surface area contributed by atoms with Gasteiger partial charge in [-0.05, 0) is 47.7 Å². The lowest BCUT2D eigenvalue weighted by molar-refractivity contribution is 0.0539. The standard InChI is InChI=1S/C13H19BrN2O2.ClH/c1-8-3-4-16(10(5-8)7-15)13(17)12-9(2)6-11(14)18-12;/h6,8,10H,3-5,7,15H2,1-2H3;1H. The second-order valence-corrected chi connectivity index (χ2v) is 5.86. The Balaban J connectivity index is 0.00000180. The van der Waals surface area contributed by atoms with Crippen molar-refractivity contribution in [3.63, 3.8) is 0 Å². The number of carbonyl (C=O) groups excluding carboxylic acids is 1. The summed E-state index contributed by atoms with van der Waals surface area (Å²) >= 11 is 3.25. The third-order valence-corrected chi connectivity index (χ3v) is 3.98. The molecule has 0 saturated carbocycles. The van der Waals surface area contributed by atoms with Gasteiger partial charge in [0.05, 0.1) is 0 Å². The number of amides is 1. The fraction of sp³-hybridized carbons (Fsp3) is 0.615. The molecule has 2 atom stereocenters. The van der Waals surface area contributed by atoms with Crippen LogP contribution in [0.15, 0.2) is 15.2 Å². The van der Waals surface area contributed by atoms with Gasteiger partial charge < -0.3 is 15.1 Å². The van der Waals surface area contributed by atoms with Crippen molar-refractivity contribution in [2.45, 2.75) is 32.7 Å². The zero-order valence-corrected chi connectivity index (χ0v) is 13.6. The van der Waals surface area contributed by atoms with Crippen LogP contribution in [0, 0.1) is 12.8 Å². The molecule has 2 rings (SSSR count). The Hall–Kier alpha value is -0.520. The largest absolute Gasteiger partial charge is 0.444 e. The summed E-state index contributed by atoms with van der Waals surface area (Å²) in [6.07, 6.45) is 2.01. The van der Waals surface area contributed by atoms with Gasteiger partial charge in [-0.1, -0.05) is 6.92 Å². The second-order valence-electron chi connectivity index (χ2n) is 5.08. The van der Waals surface area contributed by atoms with Crippen LogP contribution in [0.4, 0.5) is 0 Å². The number of nitrogens with zero attached hydrogens (tertiary/aromatic N) is 1. The lowest BCUT2D eigenvalue weighted by Gasteiger charge is -2.37. The van der Waals surface area contributed by atoms with Crippen molar-refractivity contribution in [1.82, 2.24) is 4.90 Å². The molecule has 0 aliphatic carbocycles. The van der Waals surface area contributed by atoms with E-state index in [2.05, 4.69) is 22.9 Å². The second kappa shape index (κ2) is 6.77. The molecule has 1 fully saturated rings. The summed E-state index contributed by atoms with van der Waals surface area (Å²) in [4.78, 5) is 14.3. The van der Waals surface area contributed by atoms with Gasteiger partial charge in [-0.2, -0.15) is 0 Å². The predicted octanol–water partition coefficient (Wildman–Crippen LogP) is 2.97. The van der Waals surface area contributed by atoms with Gasteiger partial charge in [0, 0.05) is 24.7 Å². The molecule has 1 aromatic rings. The fourth-order valence-electron chi connectivity index (χ4n) is 2.53. The first kappa shape index (κ1) is 16.5. The maximum absolute atomic E-state index is 12.5. The Labute approximate surface area is 128 Å². The number of halogens is 2. The van der Waals surface area contributed by atoms with Gasteiger partial charge in [0.25, 0.3) is 5.91 Å². The molecule has 2 heterocycles. The maximum atomic E-state index is 12.5. The molecule has 0 radical (unpaired) electrons. The van der Waals surface area contributed by atoms with Crippen LogP contribution in [-0.2, 0) is 0 Å². The third-order valence-electron chi connectivity index (χ3n) is 3.59. The summed E-state index contributed by atoms with van der Waals surface area (Å²) in [5.41, 5.74) is 6.64. The summed E-state index contributed by atoms with van der Waals surface area (Å²) in [5, 5.41) is 0. The van der Waals surface area contributed by atoms with Gasteiger partial charge in [0.15, 0.2) is 10.4 Å². The molecule has 0 aromatic carbocycles. The van der Waals surface area contributed by atoms with E-state index in [0.717, 1.165) is 24.9 Å². The van der Waals surface area contributed by atoms with Crippen LogP contribution < -0.4 is 5.73 Å². The van der Waals surface area contributed by atoms with Crippen molar-refractivity contribution in [1.29, 1.82) is 0 Å². The quantitative estimate of drug-likeness (QED) is 0.891. The van der Waals surface area contributed by atoms with E-state index < -0.39 is 0 Å². The van der Waals surface area contributed by atoms with E-state index >= 15 is 0 Å². The van der Waals surface area contributed by atoms with E-state index in [-0.39, 0.29) is 24.4 Å². The number of aryl methyl sites for hydroxylation is 1. The van der Waals surface area contributed by atoms with Crippen molar-refractivity contribution in [2.24, 2.45) is 11.7 Å². The molecule has 19 heavy (non-hydrogen) atoms. The monoisotopic (exact) mass is 350 g/mol. The smallest absolute Gasteiger partial charge is 0.290 e. The van der Waals surface area contributed by atoms with E-state index in [1.165, 1.54) is 0 Å². The molecular formula is C13H20BrClN2O2. The Morgan fingerprint density at radius 1 is 1.63 bits per heavy atom. The molecule has 0 spiro atoms. The minimum absolute atomic E-state index is 0. The minimum atomic E-state index is -0.0412. The number of likely N-dealkylation sites (tertiary alicyclic amines) is 1. The molecule has 1 aromatic heterocycles. The first-order chi connectivity index (χ1) is 8.52. The molecule has 4 nitrogen and oxygen atoms in total. The van der Waals surface area contributed by atoms with Crippen LogP contribution in [0.3, 0.4) is 0 Å². The summed E-state index contributed by atoms with van der Waals surface area (Å²) in [6.45, 7) is 5.36. The highest BCUT2D eigenvalue weighted by Gasteiger charge is 2.31. The lowest BCUT2D eigenvalue weighted by atomic mass is 9.92. The van der Waals surface area contributed by atoms with Crippen LogP contribution in [0.25, 0.3) is 0 Å². The Morgan fingerprint density at radius 3 is 2.84 bits per heavy atom. The fourth-order valence-corrected chi connectivity index (χ4v) is 3.03. The van der Waals surface area contributed by atoms with Crippen LogP contribution in [-0.4, -0.2) is 29.9 Å². The lowest BCUT2D eigenvalue weighted by Crippen LogP contribution is -2.49. The zero-order valence-electron chi connectivity index (χ0n) is 11.2. The molecule has 6 heteroatoms. The van der Waals surface area contributed by atoms with Crippen LogP contribution >= 0.6 is 28.3 Å². The number of carbonyl (C=O) groups is 1. The van der Waals surface area contributed by atoms with Crippen molar-refractivity contribution < 1.29 is 9.21 Å². The van der Waals surface area contributed by atoms with Gasteiger partial charge >= 0.3 is 0 Å². The Morgan fingerprint density at radius 2 is 2.32 bits per heavy atom. The van der Waals surface area contributed by atoms with Crippen molar-refractivity contribution in [2.75, 3.05) is 13.1 Å². The number of piperidine rings is 1. The molecule has 1 aliphatic rings. The highest BCUT2D eigenvalue weighted by molar-refractivity contribution is 9.10. The van der Waals surface area contributed by atoms with Gasteiger partial charge in [-0.15, -0.1) is 12.4 Å². The SMILES string of the molecule is Cc1cc(Br)oc1C(=O)N1CCC(C)CC1CN.Cl. The van der Waals surface area contributed by atoms with Gasteiger partial charge in [-0.3, -0.25) is 4.79 Å². The van der Waals surface area contributed by atoms with Crippen LogP contribution in [0.1, 0.15) is 35.9 Å². The molecule has 1 amide bonds. The molecule has 2 unspecified atom stereocenters. The van der Waals surface area contributed by atoms with E-state index in [1.54, 1.807) is 0 Å². The Bertz CT molecular complexity index is 450. The number of nitrogens with two attached hydrogens (primary N) is 1. The van der Waals surface area contributed by atoms with Crippen LogP contribution in [0.2, 0.25) is 0 Å². The first-order valence-corrected chi connectivity index (χ1v) is 7.09. The molecule has 2 N–H and O–H groups in total. The normalized spacial score (nSPS) is 23.1. The van der Waals surface area contributed by atoms with Gasteiger partial charge in [-0.25, -0.2) is 0 Å². The number of furan rings is 1. The summed E-state index contributed by atoms with van der Waals surface area (Å²) < 4.78 is 6.03. The summed E-state index contributed by atoms with van der Waals surface area (Å²) in [7, 11) is 0. The number of hydrogen-bond acceptors (Lipinski definition) is 3. The predicted molar refractivity (Wildman–Crippen MR) is 80.7 cm³/mol. The third kappa shape index (κ3) is 3.52. The average Bonchev–Trinajstić information content (AvgIpc) is 2.67. The number of hydrogen-bond donors (Lipinski definition) is 1. The van der Waals surface area contributed by atoms with E-state index in [4.69, 9.17) is 10.2 Å². The highest BCUT2D eigenvalue weighted by Crippen LogP contribution is 2.26. The topological polar surface area (TPSA) is 59.5 Å². The first-order valence-electron chi connectivity index (χ1n) is 6.30. The molecular weight excluding hydrogens is 332 g/mol. The maximum Gasteiger partial charge on any atom is 0.290 e. The van der Waals surface area contributed by atoms with E-state index in [1.807, 2.05) is 17.9 Å². The van der Waals surface area contributed by atoms with E-state index in [0.29, 0.717) is 22.9 Å². The zero-order chi connectivity index (χ0) is 13.3.